The fourth-order valence-corrected chi connectivity index (χ4v) is 2.47. The molecular weight excluding hydrogens is 144 g/mol. The van der Waals surface area contributed by atoms with Crippen LogP contribution in [0.4, 0.5) is 0 Å². The van der Waals surface area contributed by atoms with Crippen LogP contribution >= 0.6 is 0 Å². The van der Waals surface area contributed by atoms with Gasteiger partial charge < -0.3 is 0 Å². The van der Waals surface area contributed by atoms with E-state index in [1.807, 2.05) is 0 Å². The highest BCUT2D eigenvalue weighted by Crippen LogP contribution is 2.42. The van der Waals surface area contributed by atoms with E-state index in [1.54, 1.807) is 0 Å². The lowest BCUT2D eigenvalue weighted by Crippen LogP contribution is -2.28. The molecule has 0 spiro atoms. The molecule has 0 heterocycles. The van der Waals surface area contributed by atoms with Crippen molar-refractivity contribution in [3.63, 3.8) is 0 Å². The van der Waals surface area contributed by atoms with Gasteiger partial charge in [0.25, 0.3) is 0 Å². The number of rotatable bonds is 4. The lowest BCUT2D eigenvalue weighted by molar-refractivity contribution is 0.123. The Kier molecular flexibility index (Phi) is 3.61. The van der Waals surface area contributed by atoms with E-state index >= 15 is 0 Å². The van der Waals surface area contributed by atoms with E-state index in [-0.39, 0.29) is 0 Å². The highest BCUT2D eigenvalue weighted by Gasteiger charge is 2.30. The molecule has 0 nitrogen and oxygen atoms in total. The summed E-state index contributed by atoms with van der Waals surface area (Å²) in [6.45, 7) is 9.41. The Morgan fingerprint density at radius 2 is 1.17 bits per heavy atom. The Labute approximate surface area is 77.7 Å². The van der Waals surface area contributed by atoms with Gasteiger partial charge in [-0.3, -0.25) is 0 Å². The third-order valence-corrected chi connectivity index (χ3v) is 3.12. The van der Waals surface area contributed by atoms with E-state index in [1.165, 1.54) is 25.7 Å². The smallest absolute Gasteiger partial charge is 0.0383 e. The van der Waals surface area contributed by atoms with Crippen molar-refractivity contribution >= 4 is 0 Å². The molecule has 0 heteroatoms. The van der Waals surface area contributed by atoms with Crippen molar-refractivity contribution in [3.05, 3.63) is 0 Å². The largest absolute Gasteiger partial charge is 0.0628 e. The highest BCUT2D eigenvalue weighted by molar-refractivity contribution is 4.81. The van der Waals surface area contributed by atoms with Gasteiger partial charge >= 0.3 is 0 Å². The lowest BCUT2D eigenvalue weighted by atomic mass is 9.67. The van der Waals surface area contributed by atoms with Crippen LogP contribution in [-0.4, -0.2) is 0 Å². The zero-order valence-corrected chi connectivity index (χ0v) is 9.14. The van der Waals surface area contributed by atoms with E-state index < -0.39 is 0 Å². The molecule has 72 valence electrons. The van der Waals surface area contributed by atoms with Gasteiger partial charge in [0, 0.05) is 0 Å². The van der Waals surface area contributed by atoms with Gasteiger partial charge in [-0.05, 0) is 49.4 Å². The Bertz CT molecular complexity index is 108. The minimum Gasteiger partial charge on any atom is -0.0628 e. The Balaban J connectivity index is 2.20. The second kappa shape index (κ2) is 4.30. The van der Waals surface area contributed by atoms with E-state index in [0.717, 1.165) is 23.7 Å². The molecule has 2 atom stereocenters. The van der Waals surface area contributed by atoms with E-state index in [2.05, 4.69) is 27.7 Å². The number of hydrogen-bond donors (Lipinski definition) is 0. The van der Waals surface area contributed by atoms with Crippen molar-refractivity contribution in [2.45, 2.75) is 53.4 Å². The van der Waals surface area contributed by atoms with E-state index in [0.29, 0.717) is 0 Å². The molecule has 0 aliphatic heterocycles. The number of hydrogen-bond acceptors (Lipinski definition) is 0. The van der Waals surface area contributed by atoms with Crippen LogP contribution < -0.4 is 0 Å². The molecule has 0 N–H and O–H groups in total. The van der Waals surface area contributed by atoms with Crippen LogP contribution in [0.2, 0.25) is 0 Å². The summed E-state index contributed by atoms with van der Waals surface area (Å²) in [7, 11) is 0. The second-order valence-corrected chi connectivity index (χ2v) is 5.36. The van der Waals surface area contributed by atoms with Crippen molar-refractivity contribution in [2.75, 3.05) is 0 Å². The summed E-state index contributed by atoms with van der Waals surface area (Å²) >= 11 is 0. The summed E-state index contributed by atoms with van der Waals surface area (Å²) in [5.74, 6) is 3.97. The van der Waals surface area contributed by atoms with Gasteiger partial charge in [0.1, 0.15) is 0 Å². The van der Waals surface area contributed by atoms with Crippen molar-refractivity contribution in [2.24, 2.45) is 23.7 Å². The molecule has 1 fully saturated rings. The van der Waals surface area contributed by atoms with Gasteiger partial charge in [0.05, 0.1) is 0 Å². The molecule has 2 unspecified atom stereocenters. The Hall–Kier alpha value is 0. The monoisotopic (exact) mass is 168 g/mol. The Morgan fingerprint density at radius 3 is 1.33 bits per heavy atom. The van der Waals surface area contributed by atoms with Gasteiger partial charge in [-0.1, -0.05) is 27.7 Å². The van der Waals surface area contributed by atoms with Gasteiger partial charge in [-0.15, -0.1) is 0 Å². The lowest BCUT2D eigenvalue weighted by Gasteiger charge is -2.39. The maximum Gasteiger partial charge on any atom is -0.0383 e. The molecule has 1 aliphatic rings. The first-order valence-corrected chi connectivity index (χ1v) is 5.59. The average molecular weight is 168 g/mol. The van der Waals surface area contributed by atoms with Crippen LogP contribution in [0.5, 0.6) is 0 Å². The molecule has 0 aromatic carbocycles. The van der Waals surface area contributed by atoms with Gasteiger partial charge in [-0.25, -0.2) is 0 Å². The van der Waals surface area contributed by atoms with Crippen LogP contribution in [0, 0.1) is 23.7 Å². The zero-order chi connectivity index (χ0) is 9.14. The fourth-order valence-electron chi connectivity index (χ4n) is 2.47. The summed E-state index contributed by atoms with van der Waals surface area (Å²) in [6, 6.07) is 0. The summed E-state index contributed by atoms with van der Waals surface area (Å²) in [5, 5.41) is 0. The summed E-state index contributed by atoms with van der Waals surface area (Å²) < 4.78 is 0. The summed E-state index contributed by atoms with van der Waals surface area (Å²) in [5.41, 5.74) is 0. The first kappa shape index (κ1) is 10.1. The van der Waals surface area contributed by atoms with Crippen LogP contribution in [0.15, 0.2) is 0 Å². The van der Waals surface area contributed by atoms with Crippen LogP contribution in [0.1, 0.15) is 53.4 Å². The molecule has 0 amide bonds. The predicted molar refractivity (Wildman–Crippen MR) is 55.1 cm³/mol. The van der Waals surface area contributed by atoms with Crippen LogP contribution in [0.3, 0.4) is 0 Å². The van der Waals surface area contributed by atoms with Gasteiger partial charge in [0.2, 0.25) is 0 Å². The van der Waals surface area contributed by atoms with Gasteiger partial charge in [0.15, 0.2) is 0 Å². The maximum atomic E-state index is 2.35. The molecule has 0 aromatic heterocycles. The molecule has 12 heavy (non-hydrogen) atoms. The normalized spacial score (nSPS) is 29.5. The summed E-state index contributed by atoms with van der Waals surface area (Å²) in [6.07, 6.45) is 5.96. The minimum absolute atomic E-state index is 0.907. The van der Waals surface area contributed by atoms with Crippen LogP contribution in [-0.2, 0) is 0 Å². The third kappa shape index (κ3) is 2.80. The predicted octanol–water partition coefficient (Wildman–Crippen LogP) is 4.10. The topological polar surface area (TPSA) is 0 Å². The molecule has 0 saturated heterocycles. The fraction of sp³-hybridized carbons (Fsp3) is 1.00. The average Bonchev–Trinajstić information content (AvgIpc) is 1.93. The Morgan fingerprint density at radius 1 is 0.833 bits per heavy atom. The minimum atomic E-state index is 0.907. The molecule has 0 bridgehead atoms. The van der Waals surface area contributed by atoms with E-state index in [9.17, 15) is 0 Å². The molecule has 0 aromatic rings. The quantitative estimate of drug-likeness (QED) is 0.592. The first-order valence-electron chi connectivity index (χ1n) is 5.59. The second-order valence-electron chi connectivity index (χ2n) is 5.36. The highest BCUT2D eigenvalue weighted by atomic mass is 14.4. The SMILES string of the molecule is CC(C)CC1CCC1CC(C)C. The van der Waals surface area contributed by atoms with Crippen molar-refractivity contribution in [1.82, 2.24) is 0 Å². The van der Waals surface area contributed by atoms with Gasteiger partial charge in [-0.2, -0.15) is 0 Å². The molecular formula is C12H24. The molecule has 0 radical (unpaired) electrons. The molecule has 1 aliphatic carbocycles. The van der Waals surface area contributed by atoms with Crippen molar-refractivity contribution in [3.8, 4) is 0 Å². The first-order chi connectivity index (χ1) is 5.59. The van der Waals surface area contributed by atoms with Crippen molar-refractivity contribution in [1.29, 1.82) is 0 Å². The maximum absolute atomic E-state index is 2.35. The van der Waals surface area contributed by atoms with E-state index in [4.69, 9.17) is 0 Å². The standard InChI is InChI=1S/C12H24/c1-9(2)7-11-5-6-12(11)8-10(3)4/h9-12H,5-8H2,1-4H3. The molecule has 1 rings (SSSR count). The zero-order valence-electron chi connectivity index (χ0n) is 9.14. The third-order valence-electron chi connectivity index (χ3n) is 3.12. The van der Waals surface area contributed by atoms with Crippen LogP contribution in [0.25, 0.3) is 0 Å². The summed E-state index contributed by atoms with van der Waals surface area (Å²) in [4.78, 5) is 0. The molecule has 1 saturated carbocycles. The van der Waals surface area contributed by atoms with Crippen molar-refractivity contribution < 1.29 is 0 Å².